The van der Waals surface area contributed by atoms with Crippen LogP contribution in [-0.2, 0) is 4.79 Å². The summed E-state index contributed by atoms with van der Waals surface area (Å²) >= 11 is 11.7. The van der Waals surface area contributed by atoms with E-state index >= 15 is 0 Å². The van der Waals surface area contributed by atoms with Gasteiger partial charge in [0, 0.05) is 54.0 Å². The summed E-state index contributed by atoms with van der Waals surface area (Å²) in [6.07, 6.45) is 1.27. The summed E-state index contributed by atoms with van der Waals surface area (Å²) < 4.78 is 0. The minimum atomic E-state index is -0.350. The second-order valence-electron chi connectivity index (χ2n) is 7.52. The first-order valence-corrected chi connectivity index (χ1v) is 11.6. The molecule has 0 heterocycles. The van der Waals surface area contributed by atoms with Crippen molar-refractivity contribution in [3.8, 4) is 0 Å². The Kier molecular flexibility index (Phi) is 11.1. The first kappa shape index (κ1) is 25.8. The van der Waals surface area contributed by atoms with E-state index in [1.807, 2.05) is 43.3 Å². The van der Waals surface area contributed by atoms with Crippen molar-refractivity contribution < 1.29 is 9.59 Å². The number of urea groups is 1. The predicted octanol–water partition coefficient (Wildman–Crippen LogP) is 4.89. The van der Waals surface area contributed by atoms with Crippen molar-refractivity contribution >= 4 is 57.9 Å². The molecule has 32 heavy (non-hydrogen) atoms. The van der Waals surface area contributed by atoms with E-state index in [9.17, 15) is 9.59 Å². The van der Waals surface area contributed by atoms with Gasteiger partial charge in [0.05, 0.1) is 0 Å². The van der Waals surface area contributed by atoms with Gasteiger partial charge in [0.15, 0.2) is 0 Å². The molecule has 0 bridgehead atoms. The Labute approximate surface area is 200 Å². The third kappa shape index (κ3) is 9.34. The van der Waals surface area contributed by atoms with Crippen molar-refractivity contribution in [1.82, 2.24) is 4.90 Å². The highest BCUT2D eigenvalue weighted by molar-refractivity contribution is 6.18. The maximum Gasteiger partial charge on any atom is 0.323 e. The molecule has 0 saturated carbocycles. The fraction of sp³-hybridized carbons (Fsp3) is 0.391. The second kappa shape index (κ2) is 13.8. The molecule has 2 rings (SSSR count). The molecule has 7 nitrogen and oxygen atoms in total. The highest BCUT2D eigenvalue weighted by Crippen LogP contribution is 2.19. The molecule has 0 radical (unpaired) electrons. The molecular formula is C23H31Cl2N5O2. The van der Waals surface area contributed by atoms with E-state index in [1.54, 1.807) is 24.3 Å². The molecule has 2 aromatic carbocycles. The number of hydrogen-bond donors (Lipinski definition) is 3. The molecule has 3 amide bonds. The number of anilines is 4. The van der Waals surface area contributed by atoms with Gasteiger partial charge in [0.1, 0.15) is 0 Å². The fourth-order valence-corrected chi connectivity index (χ4v) is 3.45. The van der Waals surface area contributed by atoms with E-state index in [0.29, 0.717) is 48.3 Å². The molecule has 0 spiro atoms. The lowest BCUT2D eigenvalue weighted by atomic mass is 10.2. The molecule has 3 N–H and O–H groups in total. The Morgan fingerprint density at radius 2 is 1.22 bits per heavy atom. The van der Waals surface area contributed by atoms with Gasteiger partial charge in [-0.25, -0.2) is 4.79 Å². The minimum absolute atomic E-state index is 0.0237. The topological polar surface area (TPSA) is 76.7 Å². The average molecular weight is 480 g/mol. The maximum absolute atomic E-state index is 12.3. The van der Waals surface area contributed by atoms with Crippen LogP contribution in [0.25, 0.3) is 0 Å². The largest absolute Gasteiger partial charge is 0.369 e. The molecule has 0 atom stereocenters. The van der Waals surface area contributed by atoms with Crippen molar-refractivity contribution in [3.63, 3.8) is 0 Å². The van der Waals surface area contributed by atoms with Gasteiger partial charge in [0.25, 0.3) is 0 Å². The molecular weight excluding hydrogens is 449 g/mol. The van der Waals surface area contributed by atoms with Crippen molar-refractivity contribution in [2.45, 2.75) is 12.8 Å². The number of carbonyl (C=O) groups is 2. The summed E-state index contributed by atoms with van der Waals surface area (Å²) in [6, 6.07) is 14.2. The number of carbonyl (C=O) groups excluding carboxylic acids is 2. The zero-order chi connectivity index (χ0) is 23.3. The third-order valence-corrected chi connectivity index (χ3v) is 4.97. The molecule has 0 aromatic heterocycles. The molecule has 0 aliphatic carbocycles. The Hall–Kier alpha value is -2.48. The SMILES string of the molecule is CN(C)CCCC(=O)Nc1ccc(NC(=O)Nc2ccc(N(CCCl)CCCl)cc2)cc1. The minimum Gasteiger partial charge on any atom is -0.369 e. The van der Waals surface area contributed by atoms with Crippen molar-refractivity contribution in [2.75, 3.05) is 66.3 Å². The monoisotopic (exact) mass is 479 g/mol. The van der Waals surface area contributed by atoms with Gasteiger partial charge in [-0.3, -0.25) is 4.79 Å². The lowest BCUT2D eigenvalue weighted by molar-refractivity contribution is -0.116. The van der Waals surface area contributed by atoms with Crippen LogP contribution in [0.2, 0.25) is 0 Å². The van der Waals surface area contributed by atoms with Crippen LogP contribution < -0.4 is 20.9 Å². The van der Waals surface area contributed by atoms with E-state index in [4.69, 9.17) is 23.2 Å². The summed E-state index contributed by atoms with van der Waals surface area (Å²) in [5, 5.41) is 8.45. The summed E-state index contributed by atoms with van der Waals surface area (Å²) in [4.78, 5) is 28.4. The van der Waals surface area contributed by atoms with Crippen LogP contribution in [-0.4, -0.2) is 62.3 Å². The number of halogens is 2. The number of amides is 3. The summed E-state index contributed by atoms with van der Waals surface area (Å²) in [5.74, 6) is 1.00. The summed E-state index contributed by atoms with van der Waals surface area (Å²) in [7, 11) is 3.96. The number of rotatable bonds is 12. The molecule has 9 heteroatoms. The lowest BCUT2D eigenvalue weighted by Crippen LogP contribution is -2.27. The Morgan fingerprint density at radius 3 is 1.69 bits per heavy atom. The number of hydrogen-bond acceptors (Lipinski definition) is 4. The molecule has 0 aliphatic rings. The van der Waals surface area contributed by atoms with Gasteiger partial charge in [0.2, 0.25) is 5.91 Å². The lowest BCUT2D eigenvalue weighted by Gasteiger charge is -2.23. The normalized spacial score (nSPS) is 10.7. The first-order chi connectivity index (χ1) is 15.4. The molecule has 0 saturated heterocycles. The molecule has 2 aromatic rings. The third-order valence-electron chi connectivity index (χ3n) is 4.63. The predicted molar refractivity (Wildman–Crippen MR) is 136 cm³/mol. The van der Waals surface area contributed by atoms with Gasteiger partial charge in [-0.15, -0.1) is 23.2 Å². The van der Waals surface area contributed by atoms with Crippen molar-refractivity contribution in [2.24, 2.45) is 0 Å². The van der Waals surface area contributed by atoms with Crippen LogP contribution in [0.5, 0.6) is 0 Å². The average Bonchev–Trinajstić information content (AvgIpc) is 2.75. The van der Waals surface area contributed by atoms with Gasteiger partial charge in [-0.2, -0.15) is 0 Å². The molecule has 0 aliphatic heterocycles. The van der Waals surface area contributed by atoms with Crippen molar-refractivity contribution in [3.05, 3.63) is 48.5 Å². The Morgan fingerprint density at radius 1 is 0.750 bits per heavy atom. The summed E-state index contributed by atoms with van der Waals surface area (Å²) in [6.45, 7) is 2.27. The number of alkyl halides is 2. The molecule has 174 valence electrons. The number of benzene rings is 2. The van der Waals surface area contributed by atoms with E-state index < -0.39 is 0 Å². The quantitative estimate of drug-likeness (QED) is 0.378. The van der Waals surface area contributed by atoms with Crippen LogP contribution in [0.3, 0.4) is 0 Å². The Bertz CT molecular complexity index is 838. The van der Waals surface area contributed by atoms with Crippen molar-refractivity contribution in [1.29, 1.82) is 0 Å². The highest BCUT2D eigenvalue weighted by atomic mass is 35.5. The molecule has 0 fully saturated rings. The zero-order valence-electron chi connectivity index (χ0n) is 18.5. The number of nitrogens with one attached hydrogen (secondary N) is 3. The highest BCUT2D eigenvalue weighted by Gasteiger charge is 2.08. The van der Waals surface area contributed by atoms with Crippen LogP contribution >= 0.6 is 23.2 Å². The summed E-state index contributed by atoms with van der Waals surface area (Å²) in [5.41, 5.74) is 2.99. The van der Waals surface area contributed by atoms with Gasteiger partial charge >= 0.3 is 6.03 Å². The fourth-order valence-electron chi connectivity index (χ4n) is 3.04. The second-order valence-corrected chi connectivity index (χ2v) is 8.28. The van der Waals surface area contributed by atoms with Crippen LogP contribution in [0.1, 0.15) is 12.8 Å². The van der Waals surface area contributed by atoms with Crippen LogP contribution in [0.4, 0.5) is 27.5 Å². The number of nitrogens with zero attached hydrogens (tertiary/aromatic N) is 2. The van der Waals surface area contributed by atoms with Crippen LogP contribution in [0, 0.1) is 0 Å². The van der Waals surface area contributed by atoms with Gasteiger partial charge in [-0.1, -0.05) is 0 Å². The maximum atomic E-state index is 12.3. The zero-order valence-corrected chi connectivity index (χ0v) is 20.0. The van der Waals surface area contributed by atoms with E-state index in [0.717, 1.165) is 18.7 Å². The van der Waals surface area contributed by atoms with Gasteiger partial charge in [-0.05, 0) is 75.6 Å². The van der Waals surface area contributed by atoms with Gasteiger partial charge < -0.3 is 25.8 Å². The Balaban J connectivity index is 1.83. The smallest absolute Gasteiger partial charge is 0.323 e. The standard InChI is InChI=1S/C23H31Cl2N5O2/c1-29(2)15-3-4-22(31)26-18-5-7-19(8-6-18)27-23(32)28-20-9-11-21(12-10-20)30(16-13-24)17-14-25/h5-12H,3-4,13-17H2,1-2H3,(H,26,31)(H2,27,28,32). The first-order valence-electron chi connectivity index (χ1n) is 10.5. The van der Waals surface area contributed by atoms with E-state index in [-0.39, 0.29) is 11.9 Å². The molecule has 0 unspecified atom stereocenters. The van der Waals surface area contributed by atoms with Crippen LogP contribution in [0.15, 0.2) is 48.5 Å². The van der Waals surface area contributed by atoms with E-state index in [1.165, 1.54) is 0 Å². The van der Waals surface area contributed by atoms with E-state index in [2.05, 4.69) is 20.9 Å².